The lowest BCUT2D eigenvalue weighted by Gasteiger charge is -2.18. The van der Waals surface area contributed by atoms with Crippen LogP contribution in [0.25, 0.3) is 0 Å². The van der Waals surface area contributed by atoms with Crippen LogP contribution in [-0.4, -0.2) is 10.9 Å². The first-order valence-corrected chi connectivity index (χ1v) is 8.97. The van der Waals surface area contributed by atoms with Crippen LogP contribution in [0.1, 0.15) is 28.2 Å². The molecule has 1 amide bonds. The van der Waals surface area contributed by atoms with Crippen LogP contribution >= 0.6 is 11.6 Å². The van der Waals surface area contributed by atoms with Crippen LogP contribution in [0.5, 0.6) is 0 Å². The van der Waals surface area contributed by atoms with Gasteiger partial charge in [-0.05, 0) is 48.2 Å². The summed E-state index contributed by atoms with van der Waals surface area (Å²) in [5.74, 6) is -0.293. The lowest BCUT2D eigenvalue weighted by atomic mass is 9.91. The topological polar surface area (TPSA) is 42.0 Å². The normalized spacial score (nSPS) is 11.8. The molecule has 3 rings (SSSR count). The van der Waals surface area contributed by atoms with E-state index in [2.05, 4.69) is 10.3 Å². The highest BCUT2D eigenvalue weighted by Gasteiger charge is 2.21. The standard InChI is InChI=1S/C22H21ClN2O/c1-16-4-6-17(7-5-16)15-25-22(26)21(13-18-3-2-12-24-14-18)19-8-10-20(23)11-9-19/h2-12,14,21H,13,15H2,1H3,(H,25,26). The van der Waals surface area contributed by atoms with Gasteiger partial charge in [0.05, 0.1) is 5.92 Å². The molecule has 1 aromatic heterocycles. The molecule has 3 nitrogen and oxygen atoms in total. The van der Waals surface area contributed by atoms with Crippen molar-refractivity contribution >= 4 is 17.5 Å². The van der Waals surface area contributed by atoms with E-state index < -0.39 is 0 Å². The largest absolute Gasteiger partial charge is 0.351 e. The highest BCUT2D eigenvalue weighted by molar-refractivity contribution is 6.30. The van der Waals surface area contributed by atoms with E-state index in [1.165, 1.54) is 5.56 Å². The Balaban J connectivity index is 1.76. The highest BCUT2D eigenvalue weighted by Crippen LogP contribution is 2.23. The average Bonchev–Trinajstić information content (AvgIpc) is 2.67. The number of aromatic nitrogens is 1. The molecule has 0 saturated heterocycles. The summed E-state index contributed by atoms with van der Waals surface area (Å²) < 4.78 is 0. The maximum Gasteiger partial charge on any atom is 0.228 e. The van der Waals surface area contributed by atoms with E-state index in [1.54, 1.807) is 12.4 Å². The first kappa shape index (κ1) is 18.2. The number of rotatable bonds is 6. The molecule has 0 aliphatic heterocycles. The Labute approximate surface area is 159 Å². The van der Waals surface area contributed by atoms with Crippen molar-refractivity contribution in [2.75, 3.05) is 0 Å². The number of benzene rings is 2. The maximum absolute atomic E-state index is 12.9. The molecule has 1 unspecified atom stereocenters. The second kappa shape index (κ2) is 8.63. The molecule has 0 aliphatic rings. The smallest absolute Gasteiger partial charge is 0.228 e. The van der Waals surface area contributed by atoms with Gasteiger partial charge in [0.1, 0.15) is 0 Å². The first-order valence-electron chi connectivity index (χ1n) is 8.59. The summed E-state index contributed by atoms with van der Waals surface area (Å²) in [6, 6.07) is 19.5. The fraction of sp³-hybridized carbons (Fsp3) is 0.182. The third-order valence-corrected chi connectivity index (χ3v) is 4.59. The molecular formula is C22H21ClN2O. The van der Waals surface area contributed by atoms with E-state index >= 15 is 0 Å². The summed E-state index contributed by atoms with van der Waals surface area (Å²) in [6.07, 6.45) is 4.13. The Kier molecular flexibility index (Phi) is 6.03. The molecule has 1 atom stereocenters. The zero-order chi connectivity index (χ0) is 18.4. The van der Waals surface area contributed by atoms with Crippen LogP contribution in [0.4, 0.5) is 0 Å². The summed E-state index contributed by atoms with van der Waals surface area (Å²) in [5.41, 5.74) is 4.26. The van der Waals surface area contributed by atoms with Crippen molar-refractivity contribution in [2.45, 2.75) is 25.8 Å². The molecule has 0 radical (unpaired) electrons. The molecule has 3 aromatic rings. The number of hydrogen-bond acceptors (Lipinski definition) is 2. The predicted molar refractivity (Wildman–Crippen MR) is 105 cm³/mol. The minimum absolute atomic E-state index is 0.00301. The van der Waals surface area contributed by atoms with Crippen LogP contribution in [-0.2, 0) is 17.8 Å². The van der Waals surface area contributed by atoms with E-state index in [1.807, 2.05) is 67.6 Å². The average molecular weight is 365 g/mol. The number of carbonyl (C=O) groups is 1. The lowest BCUT2D eigenvalue weighted by Crippen LogP contribution is -2.30. The molecular weight excluding hydrogens is 344 g/mol. The Morgan fingerprint density at radius 2 is 1.77 bits per heavy atom. The zero-order valence-corrected chi connectivity index (χ0v) is 15.4. The Hall–Kier alpha value is -2.65. The molecule has 0 fully saturated rings. The van der Waals surface area contributed by atoms with Crippen molar-refractivity contribution in [1.29, 1.82) is 0 Å². The lowest BCUT2D eigenvalue weighted by molar-refractivity contribution is -0.122. The van der Waals surface area contributed by atoms with Crippen LogP contribution in [0.3, 0.4) is 0 Å². The van der Waals surface area contributed by atoms with Gasteiger partial charge in [0.15, 0.2) is 0 Å². The van der Waals surface area contributed by atoms with Gasteiger partial charge in [0.2, 0.25) is 5.91 Å². The molecule has 26 heavy (non-hydrogen) atoms. The van der Waals surface area contributed by atoms with Gasteiger partial charge < -0.3 is 5.32 Å². The van der Waals surface area contributed by atoms with Gasteiger partial charge in [0, 0.05) is 24.0 Å². The zero-order valence-electron chi connectivity index (χ0n) is 14.7. The van der Waals surface area contributed by atoms with Crippen molar-refractivity contribution in [3.63, 3.8) is 0 Å². The highest BCUT2D eigenvalue weighted by atomic mass is 35.5. The number of nitrogens with zero attached hydrogens (tertiary/aromatic N) is 1. The number of pyridine rings is 1. The Morgan fingerprint density at radius 1 is 1.04 bits per heavy atom. The van der Waals surface area contributed by atoms with Crippen LogP contribution in [0.2, 0.25) is 5.02 Å². The van der Waals surface area contributed by atoms with Crippen LogP contribution in [0, 0.1) is 6.92 Å². The maximum atomic E-state index is 12.9. The predicted octanol–water partition coefficient (Wildman–Crippen LogP) is 4.69. The van der Waals surface area contributed by atoms with Gasteiger partial charge in [-0.3, -0.25) is 9.78 Å². The SMILES string of the molecule is Cc1ccc(CNC(=O)C(Cc2cccnc2)c2ccc(Cl)cc2)cc1. The molecule has 1 N–H and O–H groups in total. The number of halogens is 1. The second-order valence-electron chi connectivity index (χ2n) is 6.37. The van der Waals surface area contributed by atoms with E-state index in [4.69, 9.17) is 11.6 Å². The van der Waals surface area contributed by atoms with Gasteiger partial charge in [-0.25, -0.2) is 0 Å². The molecule has 1 heterocycles. The molecule has 0 aliphatic carbocycles. The number of nitrogens with one attached hydrogen (secondary N) is 1. The van der Waals surface area contributed by atoms with Crippen molar-refractivity contribution < 1.29 is 4.79 Å². The minimum atomic E-state index is -0.290. The summed E-state index contributed by atoms with van der Waals surface area (Å²) in [5, 5.41) is 3.72. The molecule has 0 bridgehead atoms. The van der Waals surface area contributed by atoms with E-state index in [0.29, 0.717) is 18.0 Å². The minimum Gasteiger partial charge on any atom is -0.351 e. The Morgan fingerprint density at radius 3 is 2.42 bits per heavy atom. The van der Waals surface area contributed by atoms with Crippen molar-refractivity contribution in [3.8, 4) is 0 Å². The molecule has 4 heteroatoms. The Bertz CT molecular complexity index is 846. The summed E-state index contributed by atoms with van der Waals surface area (Å²) in [4.78, 5) is 17.1. The number of hydrogen-bond donors (Lipinski definition) is 1. The van der Waals surface area contributed by atoms with Crippen LogP contribution in [0.15, 0.2) is 73.1 Å². The second-order valence-corrected chi connectivity index (χ2v) is 6.81. The fourth-order valence-electron chi connectivity index (χ4n) is 2.83. The quantitative estimate of drug-likeness (QED) is 0.689. The van der Waals surface area contributed by atoms with Gasteiger partial charge in [-0.1, -0.05) is 59.6 Å². The summed E-state index contributed by atoms with van der Waals surface area (Å²) in [6.45, 7) is 2.56. The first-order chi connectivity index (χ1) is 12.6. The summed E-state index contributed by atoms with van der Waals surface area (Å²) in [7, 11) is 0. The number of aryl methyl sites for hydroxylation is 1. The van der Waals surface area contributed by atoms with Gasteiger partial charge in [-0.15, -0.1) is 0 Å². The summed E-state index contributed by atoms with van der Waals surface area (Å²) >= 11 is 6.00. The fourth-order valence-corrected chi connectivity index (χ4v) is 2.96. The van der Waals surface area contributed by atoms with Crippen molar-refractivity contribution in [3.05, 3.63) is 100 Å². The van der Waals surface area contributed by atoms with Gasteiger partial charge in [0.25, 0.3) is 0 Å². The number of carbonyl (C=O) groups excluding carboxylic acids is 1. The van der Waals surface area contributed by atoms with Crippen molar-refractivity contribution in [1.82, 2.24) is 10.3 Å². The molecule has 0 spiro atoms. The van der Waals surface area contributed by atoms with Crippen LogP contribution < -0.4 is 5.32 Å². The number of amides is 1. The molecule has 132 valence electrons. The van der Waals surface area contributed by atoms with E-state index in [9.17, 15) is 4.79 Å². The van der Waals surface area contributed by atoms with E-state index in [0.717, 1.165) is 16.7 Å². The third-order valence-electron chi connectivity index (χ3n) is 4.34. The molecule has 0 saturated carbocycles. The van der Waals surface area contributed by atoms with E-state index in [-0.39, 0.29) is 11.8 Å². The molecule has 2 aromatic carbocycles. The van der Waals surface area contributed by atoms with Crippen molar-refractivity contribution in [2.24, 2.45) is 0 Å². The monoisotopic (exact) mass is 364 g/mol. The van der Waals surface area contributed by atoms with Gasteiger partial charge in [-0.2, -0.15) is 0 Å². The third kappa shape index (κ3) is 4.93. The van der Waals surface area contributed by atoms with Gasteiger partial charge >= 0.3 is 0 Å².